The van der Waals surface area contributed by atoms with Crippen LogP contribution in [0.2, 0.25) is 5.02 Å². The first-order valence-electron chi connectivity index (χ1n) is 5.83. The van der Waals surface area contributed by atoms with E-state index in [1.807, 2.05) is 6.07 Å². The molecule has 2 aromatic rings. The summed E-state index contributed by atoms with van der Waals surface area (Å²) in [6.45, 7) is 0. The van der Waals surface area contributed by atoms with Crippen molar-refractivity contribution >= 4 is 39.3 Å². The summed E-state index contributed by atoms with van der Waals surface area (Å²) in [5, 5.41) is 1.61. The van der Waals surface area contributed by atoms with Gasteiger partial charge in [-0.25, -0.2) is 4.98 Å². The number of fused-ring (bicyclic) bond motifs is 1. The topological polar surface area (TPSA) is 12.9 Å². The van der Waals surface area contributed by atoms with E-state index in [0.717, 1.165) is 9.50 Å². The fourth-order valence-corrected chi connectivity index (χ4v) is 3.90. The molecule has 0 saturated carbocycles. The van der Waals surface area contributed by atoms with Gasteiger partial charge in [0.25, 0.3) is 0 Å². The van der Waals surface area contributed by atoms with Crippen molar-refractivity contribution in [1.29, 1.82) is 0 Å². The molecule has 0 bridgehead atoms. The van der Waals surface area contributed by atoms with Crippen LogP contribution in [0, 0.1) is 0 Å². The van der Waals surface area contributed by atoms with E-state index in [4.69, 9.17) is 11.6 Å². The highest BCUT2D eigenvalue weighted by atomic mass is 79.9. The van der Waals surface area contributed by atoms with Crippen LogP contribution < -0.4 is 0 Å². The average molecular weight is 341 g/mol. The highest BCUT2D eigenvalue weighted by molar-refractivity contribution is 9.10. The monoisotopic (exact) mass is 339 g/mol. The zero-order valence-electron chi connectivity index (χ0n) is 9.62. The number of benzene rings is 1. The van der Waals surface area contributed by atoms with Gasteiger partial charge in [-0.1, -0.05) is 29.4 Å². The van der Waals surface area contributed by atoms with Crippen LogP contribution in [0.5, 0.6) is 0 Å². The molecule has 92 valence electrons. The molecular formula is C14H11BrClNS. The number of halogens is 2. The number of rotatable bonds is 2. The van der Waals surface area contributed by atoms with Crippen molar-refractivity contribution < 1.29 is 0 Å². The Balaban J connectivity index is 1.88. The quantitative estimate of drug-likeness (QED) is 0.751. The molecule has 1 aliphatic rings. The van der Waals surface area contributed by atoms with Gasteiger partial charge in [0.2, 0.25) is 0 Å². The van der Waals surface area contributed by atoms with Gasteiger partial charge in [-0.3, -0.25) is 0 Å². The molecule has 0 N–H and O–H groups in total. The summed E-state index contributed by atoms with van der Waals surface area (Å²) in [5.41, 5.74) is 2.99. The normalized spacial score (nSPS) is 13.7. The highest BCUT2D eigenvalue weighted by Gasteiger charge is 2.12. The standard InChI is InChI=1S/C14H11BrClNS/c15-13-7-11(16)8-17-14(13)18-12-5-4-9-2-1-3-10(9)6-12/h4-8H,1-3H2. The van der Waals surface area contributed by atoms with Crippen molar-refractivity contribution in [3.63, 3.8) is 0 Å². The maximum Gasteiger partial charge on any atom is 0.115 e. The van der Waals surface area contributed by atoms with E-state index in [1.165, 1.54) is 35.3 Å². The molecule has 0 amide bonds. The van der Waals surface area contributed by atoms with Gasteiger partial charge in [0.05, 0.1) is 9.50 Å². The molecule has 1 heterocycles. The molecule has 0 spiro atoms. The molecule has 0 unspecified atom stereocenters. The van der Waals surface area contributed by atoms with Crippen LogP contribution in [0.3, 0.4) is 0 Å². The van der Waals surface area contributed by atoms with Crippen molar-refractivity contribution in [3.8, 4) is 0 Å². The Kier molecular flexibility index (Phi) is 3.64. The number of nitrogens with zero attached hydrogens (tertiary/aromatic N) is 1. The van der Waals surface area contributed by atoms with E-state index < -0.39 is 0 Å². The van der Waals surface area contributed by atoms with Crippen LogP contribution in [0.15, 0.2) is 44.9 Å². The van der Waals surface area contributed by atoms with Crippen molar-refractivity contribution in [2.75, 3.05) is 0 Å². The van der Waals surface area contributed by atoms with Crippen LogP contribution >= 0.6 is 39.3 Å². The Morgan fingerprint density at radius 3 is 2.83 bits per heavy atom. The van der Waals surface area contributed by atoms with Crippen molar-refractivity contribution in [2.45, 2.75) is 29.2 Å². The average Bonchev–Trinajstić information content (AvgIpc) is 2.80. The molecule has 0 saturated heterocycles. The maximum atomic E-state index is 5.89. The Labute approximate surface area is 124 Å². The largest absolute Gasteiger partial charge is 0.247 e. The predicted molar refractivity (Wildman–Crippen MR) is 79.5 cm³/mol. The minimum atomic E-state index is 0.653. The summed E-state index contributed by atoms with van der Waals surface area (Å²) in [4.78, 5) is 5.59. The SMILES string of the molecule is Clc1cnc(Sc2ccc3c(c2)CCC3)c(Br)c1. The molecule has 0 radical (unpaired) electrons. The molecule has 1 aromatic carbocycles. The van der Waals surface area contributed by atoms with Gasteiger partial charge in [-0.05, 0) is 64.5 Å². The summed E-state index contributed by atoms with van der Waals surface area (Å²) in [7, 11) is 0. The van der Waals surface area contributed by atoms with E-state index in [2.05, 4.69) is 39.1 Å². The van der Waals surface area contributed by atoms with Gasteiger partial charge in [0.1, 0.15) is 5.03 Å². The molecule has 0 fully saturated rings. The second kappa shape index (κ2) is 5.24. The summed E-state index contributed by atoms with van der Waals surface area (Å²) >= 11 is 11.1. The molecule has 3 rings (SSSR count). The number of pyridine rings is 1. The van der Waals surface area contributed by atoms with Gasteiger partial charge in [-0.2, -0.15) is 0 Å². The minimum Gasteiger partial charge on any atom is -0.247 e. The lowest BCUT2D eigenvalue weighted by atomic mass is 10.1. The van der Waals surface area contributed by atoms with Crippen LogP contribution in [-0.2, 0) is 12.8 Å². The van der Waals surface area contributed by atoms with Gasteiger partial charge in [0.15, 0.2) is 0 Å². The number of hydrogen-bond acceptors (Lipinski definition) is 2. The van der Waals surface area contributed by atoms with Crippen LogP contribution in [0.4, 0.5) is 0 Å². The molecule has 0 atom stereocenters. The lowest BCUT2D eigenvalue weighted by Crippen LogP contribution is -1.85. The summed E-state index contributed by atoms with van der Waals surface area (Å²) < 4.78 is 0.945. The molecule has 18 heavy (non-hydrogen) atoms. The van der Waals surface area contributed by atoms with E-state index >= 15 is 0 Å². The number of hydrogen-bond donors (Lipinski definition) is 0. The van der Waals surface area contributed by atoms with Gasteiger partial charge in [-0.15, -0.1) is 0 Å². The number of aryl methyl sites for hydroxylation is 2. The van der Waals surface area contributed by atoms with E-state index in [-0.39, 0.29) is 0 Å². The van der Waals surface area contributed by atoms with Gasteiger partial charge >= 0.3 is 0 Å². The molecule has 1 nitrogen and oxygen atoms in total. The molecule has 4 heteroatoms. The summed E-state index contributed by atoms with van der Waals surface area (Å²) in [6.07, 6.45) is 5.40. The molecular weight excluding hydrogens is 330 g/mol. The first-order valence-corrected chi connectivity index (χ1v) is 7.82. The lowest BCUT2D eigenvalue weighted by Gasteiger charge is -2.06. The van der Waals surface area contributed by atoms with E-state index in [0.29, 0.717) is 5.02 Å². The number of aromatic nitrogens is 1. The third-order valence-electron chi connectivity index (χ3n) is 3.06. The molecule has 1 aromatic heterocycles. The Morgan fingerprint density at radius 2 is 2.00 bits per heavy atom. The summed E-state index contributed by atoms with van der Waals surface area (Å²) in [5.74, 6) is 0. The van der Waals surface area contributed by atoms with Crippen LogP contribution in [0.25, 0.3) is 0 Å². The third-order valence-corrected chi connectivity index (χ3v) is 5.14. The van der Waals surface area contributed by atoms with Crippen molar-refractivity contribution in [1.82, 2.24) is 4.98 Å². The first kappa shape index (κ1) is 12.5. The zero-order chi connectivity index (χ0) is 12.5. The van der Waals surface area contributed by atoms with Crippen molar-refractivity contribution in [2.24, 2.45) is 0 Å². The van der Waals surface area contributed by atoms with E-state index in [1.54, 1.807) is 18.0 Å². The van der Waals surface area contributed by atoms with Crippen LogP contribution in [-0.4, -0.2) is 4.98 Å². The zero-order valence-corrected chi connectivity index (χ0v) is 12.8. The van der Waals surface area contributed by atoms with Gasteiger partial charge in [0, 0.05) is 11.1 Å². The smallest absolute Gasteiger partial charge is 0.115 e. The third kappa shape index (κ3) is 2.58. The second-order valence-electron chi connectivity index (χ2n) is 4.33. The predicted octanol–water partition coefficient (Wildman–Crippen LogP) is 5.14. The first-order chi connectivity index (χ1) is 8.72. The van der Waals surface area contributed by atoms with Gasteiger partial charge < -0.3 is 0 Å². The second-order valence-corrected chi connectivity index (χ2v) is 6.68. The fraction of sp³-hybridized carbons (Fsp3) is 0.214. The van der Waals surface area contributed by atoms with Crippen molar-refractivity contribution in [3.05, 3.63) is 51.1 Å². The highest BCUT2D eigenvalue weighted by Crippen LogP contribution is 2.35. The Hall–Kier alpha value is -0.510. The Morgan fingerprint density at radius 1 is 1.17 bits per heavy atom. The van der Waals surface area contributed by atoms with E-state index in [9.17, 15) is 0 Å². The molecule has 0 aliphatic heterocycles. The van der Waals surface area contributed by atoms with Crippen LogP contribution in [0.1, 0.15) is 17.5 Å². The molecule has 1 aliphatic carbocycles. The fourth-order valence-electron chi connectivity index (χ4n) is 2.20. The minimum absolute atomic E-state index is 0.653. The Bertz CT molecular complexity index is 600. The lowest BCUT2D eigenvalue weighted by molar-refractivity contribution is 0.911. The maximum absolute atomic E-state index is 5.89. The summed E-state index contributed by atoms with van der Waals surface area (Å²) in [6, 6.07) is 8.59.